The molecule has 0 aromatic rings. The Hall–Kier alpha value is -0.270. The normalized spacial score (nSPS) is 15.2. The average Bonchev–Trinajstić information content (AvgIpc) is 2.03. The third kappa shape index (κ3) is 3.42. The van der Waals surface area contributed by atoms with E-state index in [0.717, 1.165) is 0 Å². The summed E-state index contributed by atoms with van der Waals surface area (Å²) in [7, 11) is 2.87. The Kier molecular flexibility index (Phi) is 5.27. The summed E-state index contributed by atoms with van der Waals surface area (Å²) in [5.74, 6) is 5.25. The first-order chi connectivity index (χ1) is 5.58. The van der Waals surface area contributed by atoms with E-state index in [1.807, 2.05) is 0 Å². The van der Waals surface area contributed by atoms with Gasteiger partial charge in [-0.05, 0) is 6.92 Å². The van der Waals surface area contributed by atoms with Crippen LogP contribution in [0.3, 0.4) is 0 Å². The number of hydrogen-bond donors (Lipinski definition) is 1. The number of halogens is 1. The topological polar surface area (TPSA) is 38.7 Å². The van der Waals surface area contributed by atoms with Crippen molar-refractivity contribution in [2.75, 3.05) is 20.1 Å². The predicted octanol–water partition coefficient (Wildman–Crippen LogP) is 0.599. The fourth-order valence-corrected chi connectivity index (χ4v) is 0.893. The van der Waals surface area contributed by atoms with Crippen LogP contribution in [0.4, 0.5) is 0 Å². The van der Waals surface area contributed by atoms with Gasteiger partial charge in [0, 0.05) is 14.2 Å². The largest absolute Gasteiger partial charge is 0.373 e. The Bertz CT molecular complexity index is 176. The van der Waals surface area contributed by atoms with Crippen molar-refractivity contribution in [3.8, 4) is 11.8 Å². The highest BCUT2D eigenvalue weighted by Gasteiger charge is 2.29. The maximum absolute atomic E-state index is 9.62. The van der Waals surface area contributed by atoms with Gasteiger partial charge in [0.2, 0.25) is 0 Å². The lowest BCUT2D eigenvalue weighted by Gasteiger charge is -2.25. The fourth-order valence-electron chi connectivity index (χ4n) is 0.826. The van der Waals surface area contributed by atoms with Crippen LogP contribution in [0.25, 0.3) is 0 Å². The zero-order chi connectivity index (χ0) is 9.61. The van der Waals surface area contributed by atoms with Gasteiger partial charge in [-0.2, -0.15) is 0 Å². The quantitative estimate of drug-likeness (QED) is 0.404. The Labute approximate surface area is 77.6 Å². The second kappa shape index (κ2) is 5.39. The molecule has 3 nitrogen and oxygen atoms in total. The molecule has 12 heavy (non-hydrogen) atoms. The maximum Gasteiger partial charge on any atom is 0.197 e. The monoisotopic (exact) mass is 192 g/mol. The van der Waals surface area contributed by atoms with E-state index in [9.17, 15) is 5.11 Å². The average molecular weight is 193 g/mol. The van der Waals surface area contributed by atoms with Gasteiger partial charge in [-0.3, -0.25) is 0 Å². The highest BCUT2D eigenvalue weighted by Crippen LogP contribution is 2.11. The van der Waals surface area contributed by atoms with Crippen molar-refractivity contribution < 1.29 is 14.6 Å². The van der Waals surface area contributed by atoms with Crippen molar-refractivity contribution in [3.63, 3.8) is 0 Å². The summed E-state index contributed by atoms with van der Waals surface area (Å²) in [6.07, 6.45) is -0.756. The highest BCUT2D eigenvalue weighted by atomic mass is 35.5. The first-order valence-electron chi connectivity index (χ1n) is 3.42. The van der Waals surface area contributed by atoms with Crippen molar-refractivity contribution in [1.29, 1.82) is 0 Å². The van der Waals surface area contributed by atoms with Crippen LogP contribution in [0.1, 0.15) is 6.92 Å². The van der Waals surface area contributed by atoms with Crippen LogP contribution in [-0.4, -0.2) is 37.1 Å². The smallest absolute Gasteiger partial charge is 0.197 e. The molecule has 0 saturated carbocycles. The van der Waals surface area contributed by atoms with Crippen LogP contribution in [0.15, 0.2) is 0 Å². The Morgan fingerprint density at radius 3 is 2.33 bits per heavy atom. The van der Waals surface area contributed by atoms with E-state index in [2.05, 4.69) is 11.8 Å². The standard InChI is InChI=1S/C8H13ClO3/c1-8(10,5-4-6-9)7(11-2)12-3/h7,10H,6H2,1-3H3. The predicted molar refractivity (Wildman–Crippen MR) is 46.9 cm³/mol. The van der Waals surface area contributed by atoms with Crippen molar-refractivity contribution >= 4 is 11.6 Å². The number of methoxy groups -OCH3 is 2. The summed E-state index contributed by atoms with van der Waals surface area (Å²) < 4.78 is 9.69. The van der Waals surface area contributed by atoms with E-state index in [1.165, 1.54) is 21.1 Å². The van der Waals surface area contributed by atoms with E-state index in [4.69, 9.17) is 21.1 Å². The van der Waals surface area contributed by atoms with E-state index in [-0.39, 0.29) is 5.88 Å². The molecule has 1 atom stereocenters. The van der Waals surface area contributed by atoms with E-state index >= 15 is 0 Å². The van der Waals surface area contributed by atoms with Crippen molar-refractivity contribution in [2.45, 2.75) is 18.8 Å². The number of hydrogen-bond acceptors (Lipinski definition) is 3. The zero-order valence-electron chi connectivity index (χ0n) is 7.43. The van der Waals surface area contributed by atoms with Gasteiger partial charge in [-0.1, -0.05) is 11.8 Å². The third-order valence-electron chi connectivity index (χ3n) is 1.30. The molecular formula is C8H13ClO3. The molecule has 0 bridgehead atoms. The number of rotatable bonds is 3. The first kappa shape index (κ1) is 11.7. The Morgan fingerprint density at radius 2 is 2.00 bits per heavy atom. The van der Waals surface area contributed by atoms with Crippen LogP contribution in [0.5, 0.6) is 0 Å². The molecule has 0 spiro atoms. The summed E-state index contributed by atoms with van der Waals surface area (Å²) in [5, 5.41) is 9.62. The summed E-state index contributed by atoms with van der Waals surface area (Å²) in [4.78, 5) is 0. The molecular weight excluding hydrogens is 180 g/mol. The van der Waals surface area contributed by atoms with Gasteiger partial charge in [0.05, 0.1) is 5.88 Å². The molecule has 0 aliphatic rings. The molecule has 0 fully saturated rings. The molecule has 0 amide bonds. The highest BCUT2D eigenvalue weighted by molar-refractivity contribution is 6.19. The van der Waals surface area contributed by atoms with Gasteiger partial charge in [0.15, 0.2) is 11.9 Å². The van der Waals surface area contributed by atoms with Crippen LogP contribution < -0.4 is 0 Å². The number of alkyl halides is 1. The molecule has 4 heteroatoms. The summed E-state index contributed by atoms with van der Waals surface area (Å²) >= 11 is 5.33. The molecule has 70 valence electrons. The molecule has 0 saturated heterocycles. The van der Waals surface area contributed by atoms with Crippen molar-refractivity contribution in [2.24, 2.45) is 0 Å². The molecule has 0 aromatic heterocycles. The molecule has 0 aliphatic heterocycles. The first-order valence-corrected chi connectivity index (χ1v) is 3.96. The minimum absolute atomic E-state index is 0.177. The van der Waals surface area contributed by atoms with Gasteiger partial charge < -0.3 is 14.6 Å². The van der Waals surface area contributed by atoms with Crippen molar-refractivity contribution in [3.05, 3.63) is 0 Å². The van der Waals surface area contributed by atoms with Gasteiger partial charge in [-0.25, -0.2) is 0 Å². The molecule has 0 heterocycles. The lowest BCUT2D eigenvalue weighted by molar-refractivity contribution is -0.185. The molecule has 1 unspecified atom stereocenters. The summed E-state index contributed by atoms with van der Waals surface area (Å²) in [5.41, 5.74) is -1.32. The van der Waals surface area contributed by atoms with E-state index < -0.39 is 11.9 Å². The van der Waals surface area contributed by atoms with E-state index in [1.54, 1.807) is 0 Å². The van der Waals surface area contributed by atoms with Crippen LogP contribution >= 0.6 is 11.6 Å². The zero-order valence-corrected chi connectivity index (χ0v) is 8.18. The maximum atomic E-state index is 9.62. The number of ether oxygens (including phenoxy) is 2. The third-order valence-corrected chi connectivity index (χ3v) is 1.43. The Morgan fingerprint density at radius 1 is 1.50 bits per heavy atom. The second-order valence-electron chi connectivity index (χ2n) is 2.39. The molecule has 0 aliphatic carbocycles. The Balaban J connectivity index is 4.34. The van der Waals surface area contributed by atoms with Gasteiger partial charge >= 0.3 is 0 Å². The van der Waals surface area contributed by atoms with Crippen LogP contribution in [-0.2, 0) is 9.47 Å². The van der Waals surface area contributed by atoms with Crippen LogP contribution in [0.2, 0.25) is 0 Å². The van der Waals surface area contributed by atoms with Gasteiger partial charge in [0.1, 0.15) is 0 Å². The lowest BCUT2D eigenvalue weighted by atomic mass is 10.1. The molecule has 0 radical (unpaired) electrons. The molecule has 0 aromatic carbocycles. The summed E-state index contributed by atoms with van der Waals surface area (Å²) in [6, 6.07) is 0. The molecule has 1 N–H and O–H groups in total. The molecule has 0 rings (SSSR count). The minimum Gasteiger partial charge on any atom is -0.373 e. The lowest BCUT2D eigenvalue weighted by Crippen LogP contribution is -2.40. The number of aliphatic hydroxyl groups is 1. The van der Waals surface area contributed by atoms with Crippen LogP contribution in [0, 0.1) is 11.8 Å². The SMILES string of the molecule is COC(OC)C(C)(O)C#CCCl. The van der Waals surface area contributed by atoms with Gasteiger partial charge in [0.25, 0.3) is 0 Å². The van der Waals surface area contributed by atoms with E-state index in [0.29, 0.717) is 0 Å². The second-order valence-corrected chi connectivity index (χ2v) is 2.65. The summed E-state index contributed by atoms with van der Waals surface area (Å²) in [6.45, 7) is 1.50. The minimum atomic E-state index is -1.32. The van der Waals surface area contributed by atoms with Gasteiger partial charge in [-0.15, -0.1) is 11.6 Å². The van der Waals surface area contributed by atoms with Crippen molar-refractivity contribution in [1.82, 2.24) is 0 Å². The fraction of sp³-hybridized carbons (Fsp3) is 0.750.